The fourth-order valence-electron chi connectivity index (χ4n) is 3.65. The van der Waals surface area contributed by atoms with Crippen LogP contribution in [0.5, 0.6) is 0 Å². The van der Waals surface area contributed by atoms with E-state index in [2.05, 4.69) is 16.1 Å². The minimum Gasteiger partial charge on any atom is -0.481 e. The molecule has 31 heavy (non-hydrogen) atoms. The van der Waals surface area contributed by atoms with Crippen LogP contribution in [-0.2, 0) is 17.4 Å². The molecule has 0 radical (unpaired) electrons. The summed E-state index contributed by atoms with van der Waals surface area (Å²) >= 11 is 7.49. The second-order valence-corrected chi connectivity index (χ2v) is 9.09. The molecule has 1 aliphatic rings. The molecule has 168 valence electrons. The molecular weight excluding hydrogens is 449 g/mol. The number of alkyl halides is 3. The van der Waals surface area contributed by atoms with Crippen molar-refractivity contribution >= 4 is 35.2 Å². The second-order valence-electron chi connectivity index (χ2n) is 7.56. The van der Waals surface area contributed by atoms with Gasteiger partial charge in [0.25, 0.3) is 0 Å². The first-order valence-electron chi connectivity index (χ1n) is 9.96. The van der Waals surface area contributed by atoms with E-state index in [1.165, 1.54) is 12.1 Å². The zero-order chi connectivity index (χ0) is 22.8. The number of benzene rings is 2. The molecule has 1 fully saturated rings. The fourth-order valence-corrected chi connectivity index (χ4v) is 5.06. The molecule has 4 nitrogen and oxygen atoms in total. The van der Waals surface area contributed by atoms with Crippen LogP contribution in [0.1, 0.15) is 30.0 Å². The summed E-state index contributed by atoms with van der Waals surface area (Å²) in [6, 6.07) is 9.92. The van der Waals surface area contributed by atoms with E-state index in [1.807, 2.05) is 25.1 Å². The maximum Gasteiger partial charge on any atom is 0.417 e. The van der Waals surface area contributed by atoms with Crippen LogP contribution in [0, 0.1) is 6.92 Å². The van der Waals surface area contributed by atoms with Gasteiger partial charge in [0.05, 0.1) is 17.0 Å². The highest BCUT2D eigenvalue weighted by atomic mass is 35.5. The van der Waals surface area contributed by atoms with Gasteiger partial charge in [0.2, 0.25) is 0 Å². The number of aryl methyl sites for hydroxylation is 1. The zero-order valence-electron chi connectivity index (χ0n) is 17.2. The van der Waals surface area contributed by atoms with Gasteiger partial charge >= 0.3 is 12.1 Å². The van der Waals surface area contributed by atoms with E-state index in [-0.39, 0.29) is 17.5 Å². The first-order chi connectivity index (χ1) is 14.6. The monoisotopic (exact) mass is 472 g/mol. The molecule has 2 aromatic rings. The molecular formula is C22H24ClF3N2O2S. The average molecular weight is 473 g/mol. The molecule has 1 unspecified atom stereocenters. The lowest BCUT2D eigenvalue weighted by atomic mass is 10.1. The molecule has 0 aromatic heterocycles. The van der Waals surface area contributed by atoms with Gasteiger partial charge in [-0.25, -0.2) is 4.31 Å². The summed E-state index contributed by atoms with van der Waals surface area (Å²) in [5, 5.41) is 8.82. The van der Waals surface area contributed by atoms with Crippen LogP contribution < -0.4 is 4.90 Å². The maximum absolute atomic E-state index is 13.0. The number of hydrogen-bond donors (Lipinski definition) is 1. The van der Waals surface area contributed by atoms with E-state index in [4.69, 9.17) is 16.7 Å². The molecule has 1 saturated heterocycles. The van der Waals surface area contributed by atoms with Crippen LogP contribution in [0.3, 0.4) is 0 Å². The highest BCUT2D eigenvalue weighted by Gasteiger charge is 2.34. The van der Waals surface area contributed by atoms with Gasteiger partial charge in [0.1, 0.15) is 0 Å². The summed E-state index contributed by atoms with van der Waals surface area (Å²) in [5.74, 6) is -0.861. The standard InChI is InChI=1S/C22H24ClF3N2O2S/c1-3-16-13-27(17-5-7-19(20(23)12-17)22(24,25)26)8-9-28(16)31-18-6-4-14(2)15(10-18)11-21(29)30/h4-7,10,12,16H,3,8-9,11,13H2,1-2H3,(H,29,30). The molecule has 1 heterocycles. The van der Waals surface area contributed by atoms with Gasteiger partial charge in [0.15, 0.2) is 0 Å². The highest BCUT2D eigenvalue weighted by Crippen LogP contribution is 2.37. The molecule has 0 bridgehead atoms. The van der Waals surface area contributed by atoms with E-state index in [0.29, 0.717) is 25.3 Å². The molecule has 0 saturated carbocycles. The number of rotatable bonds is 6. The van der Waals surface area contributed by atoms with Crippen LogP contribution in [-0.4, -0.2) is 41.1 Å². The third kappa shape index (κ3) is 5.87. The average Bonchev–Trinajstić information content (AvgIpc) is 2.69. The maximum atomic E-state index is 13.0. The highest BCUT2D eigenvalue weighted by molar-refractivity contribution is 7.97. The molecule has 0 amide bonds. The number of piperazine rings is 1. The van der Waals surface area contributed by atoms with Crippen molar-refractivity contribution in [3.8, 4) is 0 Å². The number of anilines is 1. The molecule has 0 spiro atoms. The molecule has 1 N–H and O–H groups in total. The van der Waals surface area contributed by atoms with E-state index < -0.39 is 17.7 Å². The van der Waals surface area contributed by atoms with Gasteiger partial charge < -0.3 is 10.0 Å². The summed E-state index contributed by atoms with van der Waals surface area (Å²) in [6.45, 7) is 6.00. The lowest BCUT2D eigenvalue weighted by Gasteiger charge is -2.41. The summed E-state index contributed by atoms with van der Waals surface area (Å²) in [6.07, 6.45) is -3.62. The number of halogens is 4. The Morgan fingerprint density at radius 3 is 2.58 bits per heavy atom. The molecule has 3 rings (SSSR count). The third-order valence-corrected chi connectivity index (χ3v) is 6.90. The molecule has 2 aromatic carbocycles. The number of hydrogen-bond acceptors (Lipinski definition) is 4. The normalized spacial score (nSPS) is 17.7. The summed E-state index contributed by atoms with van der Waals surface area (Å²) in [4.78, 5) is 14.1. The SMILES string of the molecule is CCC1CN(c2ccc(C(F)(F)F)c(Cl)c2)CCN1Sc1ccc(C)c(CC(=O)O)c1. The molecule has 9 heteroatoms. The van der Waals surface area contributed by atoms with Crippen molar-refractivity contribution in [1.29, 1.82) is 0 Å². The van der Waals surface area contributed by atoms with Crippen LogP contribution in [0.25, 0.3) is 0 Å². The van der Waals surface area contributed by atoms with Crippen molar-refractivity contribution in [2.24, 2.45) is 0 Å². The summed E-state index contributed by atoms with van der Waals surface area (Å²) in [7, 11) is 0. The summed E-state index contributed by atoms with van der Waals surface area (Å²) < 4.78 is 41.2. The molecule has 1 aliphatic heterocycles. The predicted molar refractivity (Wildman–Crippen MR) is 118 cm³/mol. The number of aliphatic carboxylic acids is 1. The van der Waals surface area contributed by atoms with Crippen LogP contribution in [0.15, 0.2) is 41.3 Å². The van der Waals surface area contributed by atoms with Crippen LogP contribution in [0.4, 0.5) is 18.9 Å². The van der Waals surface area contributed by atoms with Gasteiger partial charge in [0, 0.05) is 36.3 Å². The van der Waals surface area contributed by atoms with Crippen molar-refractivity contribution in [3.05, 3.63) is 58.1 Å². The number of carbonyl (C=O) groups is 1. The number of carboxylic acid groups (broad SMARTS) is 1. The van der Waals surface area contributed by atoms with Crippen molar-refractivity contribution in [3.63, 3.8) is 0 Å². The molecule has 0 aliphatic carbocycles. The van der Waals surface area contributed by atoms with Crippen molar-refractivity contribution in [2.45, 2.75) is 43.8 Å². The Morgan fingerprint density at radius 2 is 1.97 bits per heavy atom. The first kappa shape index (κ1) is 23.8. The van der Waals surface area contributed by atoms with Gasteiger partial charge in [-0.1, -0.05) is 24.6 Å². The quantitative estimate of drug-likeness (QED) is 0.530. The Kier molecular flexibility index (Phi) is 7.44. The number of nitrogens with zero attached hydrogens (tertiary/aromatic N) is 2. The Labute approximate surface area is 189 Å². The third-order valence-electron chi connectivity index (χ3n) is 5.41. The summed E-state index contributed by atoms with van der Waals surface area (Å²) in [5.41, 5.74) is 1.60. The first-order valence-corrected chi connectivity index (χ1v) is 11.1. The Balaban J connectivity index is 1.72. The van der Waals surface area contributed by atoms with E-state index in [1.54, 1.807) is 11.9 Å². The Bertz CT molecular complexity index is 955. The van der Waals surface area contributed by atoms with Gasteiger partial charge in [-0.15, -0.1) is 0 Å². The smallest absolute Gasteiger partial charge is 0.417 e. The van der Waals surface area contributed by atoms with Crippen LogP contribution >= 0.6 is 23.5 Å². The zero-order valence-corrected chi connectivity index (χ0v) is 18.8. The van der Waals surface area contributed by atoms with Crippen molar-refractivity contribution < 1.29 is 23.1 Å². The Morgan fingerprint density at radius 1 is 1.23 bits per heavy atom. The lowest BCUT2D eigenvalue weighted by Crippen LogP contribution is -2.50. The van der Waals surface area contributed by atoms with Gasteiger partial charge in [-0.3, -0.25) is 4.79 Å². The van der Waals surface area contributed by atoms with E-state index in [9.17, 15) is 18.0 Å². The molecule has 1 atom stereocenters. The topological polar surface area (TPSA) is 43.8 Å². The largest absolute Gasteiger partial charge is 0.481 e. The van der Waals surface area contributed by atoms with Gasteiger partial charge in [-0.05, 0) is 66.8 Å². The Hall–Kier alpha value is -1.90. The minimum absolute atomic E-state index is 0.0140. The van der Waals surface area contributed by atoms with E-state index >= 15 is 0 Å². The lowest BCUT2D eigenvalue weighted by molar-refractivity contribution is -0.138. The fraction of sp³-hybridized carbons (Fsp3) is 0.409. The second kappa shape index (κ2) is 9.71. The minimum atomic E-state index is -4.47. The predicted octanol–water partition coefficient (Wildman–Crippen LogP) is 5.90. The van der Waals surface area contributed by atoms with Gasteiger partial charge in [-0.2, -0.15) is 13.2 Å². The van der Waals surface area contributed by atoms with Crippen LogP contribution in [0.2, 0.25) is 5.02 Å². The number of carboxylic acids is 1. The van der Waals surface area contributed by atoms with E-state index in [0.717, 1.165) is 28.5 Å². The van der Waals surface area contributed by atoms with Crippen molar-refractivity contribution in [1.82, 2.24) is 4.31 Å². The van der Waals surface area contributed by atoms with Crippen molar-refractivity contribution in [2.75, 3.05) is 24.5 Å².